The van der Waals surface area contributed by atoms with Crippen molar-refractivity contribution in [1.29, 1.82) is 0 Å². The summed E-state index contributed by atoms with van der Waals surface area (Å²) in [7, 11) is 1.55. The van der Waals surface area contributed by atoms with Crippen LogP contribution >= 0.6 is 0 Å². The molecule has 0 saturated heterocycles. The highest BCUT2D eigenvalue weighted by atomic mass is 19.4. The molecule has 2 heterocycles. The summed E-state index contributed by atoms with van der Waals surface area (Å²) in [4.78, 5) is 12.8. The van der Waals surface area contributed by atoms with E-state index in [4.69, 9.17) is 9.47 Å². The average molecular weight is 351 g/mol. The molecule has 132 valence electrons. The Labute approximate surface area is 142 Å². The zero-order chi connectivity index (χ0) is 18.2. The van der Waals surface area contributed by atoms with Crippen molar-refractivity contribution in [1.82, 2.24) is 5.32 Å². The molecule has 1 aromatic carbocycles. The predicted molar refractivity (Wildman–Crippen MR) is 85.0 cm³/mol. The van der Waals surface area contributed by atoms with Gasteiger partial charge in [0.15, 0.2) is 5.88 Å². The minimum absolute atomic E-state index is 0.0196. The molecule has 0 fully saturated rings. The molecule has 3 rings (SSSR count). The number of nitrogens with one attached hydrogen (secondary N) is 1. The smallest absolute Gasteiger partial charge is 0.416 e. The molecule has 1 N–H and O–H groups in total. The van der Waals surface area contributed by atoms with Crippen molar-refractivity contribution in [2.45, 2.75) is 25.6 Å². The highest BCUT2D eigenvalue weighted by Crippen LogP contribution is 2.39. The molecule has 0 bridgehead atoms. The Bertz CT molecular complexity index is 806. The summed E-state index contributed by atoms with van der Waals surface area (Å²) in [6, 6.07) is 3.76. The van der Waals surface area contributed by atoms with Gasteiger partial charge in [-0.25, -0.2) is 0 Å². The van der Waals surface area contributed by atoms with Gasteiger partial charge in [-0.05, 0) is 42.7 Å². The highest BCUT2D eigenvalue weighted by Gasteiger charge is 2.41. The zero-order valence-electron chi connectivity index (χ0n) is 13.6. The number of benzene rings is 1. The first-order valence-electron chi connectivity index (χ1n) is 7.66. The van der Waals surface area contributed by atoms with E-state index in [2.05, 4.69) is 5.32 Å². The number of halogens is 3. The maximum absolute atomic E-state index is 13.2. The summed E-state index contributed by atoms with van der Waals surface area (Å²) in [6.45, 7) is 1.35. The first kappa shape index (κ1) is 17.1. The fourth-order valence-corrected chi connectivity index (χ4v) is 2.90. The Morgan fingerprint density at radius 2 is 2.04 bits per heavy atom. The maximum Gasteiger partial charge on any atom is 0.416 e. The van der Waals surface area contributed by atoms with Gasteiger partial charge in [0.1, 0.15) is 5.76 Å². The number of ether oxygens (including phenoxy) is 2. The molecule has 2 aliphatic rings. The summed E-state index contributed by atoms with van der Waals surface area (Å²) in [5.41, 5.74) is -0.511. The fraction of sp³-hybridized carbons (Fsp3) is 0.278. The maximum atomic E-state index is 13.2. The number of rotatable bonds is 3. The molecule has 1 atom stereocenters. The predicted octanol–water partition coefficient (Wildman–Crippen LogP) is 3.69. The third-order valence-electron chi connectivity index (χ3n) is 4.10. The third kappa shape index (κ3) is 3.01. The van der Waals surface area contributed by atoms with E-state index in [9.17, 15) is 18.0 Å². The van der Waals surface area contributed by atoms with Gasteiger partial charge in [0.2, 0.25) is 11.9 Å². The van der Waals surface area contributed by atoms with Crippen LogP contribution in [-0.2, 0) is 20.4 Å². The largest absolute Gasteiger partial charge is 0.466 e. The summed E-state index contributed by atoms with van der Waals surface area (Å²) in [6.07, 6.45) is 0.0254. The lowest BCUT2D eigenvalue weighted by Crippen LogP contribution is -2.23. The van der Waals surface area contributed by atoms with Crippen molar-refractivity contribution in [3.63, 3.8) is 0 Å². The summed E-state index contributed by atoms with van der Waals surface area (Å²) >= 11 is 0. The van der Waals surface area contributed by atoms with E-state index < -0.39 is 23.6 Å². The van der Waals surface area contributed by atoms with Gasteiger partial charge in [0.05, 0.1) is 17.4 Å². The van der Waals surface area contributed by atoms with Gasteiger partial charge in [-0.2, -0.15) is 13.2 Å². The molecule has 4 nitrogen and oxygen atoms in total. The first-order valence-corrected chi connectivity index (χ1v) is 7.66. The Morgan fingerprint density at radius 3 is 2.64 bits per heavy atom. The second-order valence-corrected chi connectivity index (χ2v) is 5.62. The Balaban J connectivity index is 2.04. The van der Waals surface area contributed by atoms with Crippen LogP contribution in [0.2, 0.25) is 0 Å². The van der Waals surface area contributed by atoms with Crippen molar-refractivity contribution in [2.24, 2.45) is 0 Å². The van der Waals surface area contributed by atoms with Crippen LogP contribution < -0.4 is 5.32 Å². The third-order valence-corrected chi connectivity index (χ3v) is 4.10. The van der Waals surface area contributed by atoms with Gasteiger partial charge in [-0.1, -0.05) is 12.1 Å². The second-order valence-electron chi connectivity index (χ2n) is 5.62. The van der Waals surface area contributed by atoms with Crippen LogP contribution in [0.1, 0.15) is 23.1 Å². The minimum Gasteiger partial charge on any atom is -0.466 e. The molecule has 0 spiro atoms. The lowest BCUT2D eigenvalue weighted by molar-refractivity contribution is -0.138. The van der Waals surface area contributed by atoms with E-state index in [1.807, 2.05) is 0 Å². The van der Waals surface area contributed by atoms with E-state index in [0.29, 0.717) is 12.2 Å². The molecule has 0 amide bonds. The molecule has 25 heavy (non-hydrogen) atoms. The molecule has 0 aliphatic carbocycles. The number of allylic oxidation sites excluding steroid dienone is 2. The fourth-order valence-electron chi connectivity index (χ4n) is 2.90. The van der Waals surface area contributed by atoms with Gasteiger partial charge in [-0.3, -0.25) is 4.79 Å². The number of alkyl halides is 3. The molecule has 1 unspecified atom stereocenters. The normalized spacial score (nSPS) is 20.3. The first-order chi connectivity index (χ1) is 11.8. The van der Waals surface area contributed by atoms with Crippen molar-refractivity contribution >= 4 is 11.4 Å². The molecular weight excluding hydrogens is 335 g/mol. The van der Waals surface area contributed by atoms with Crippen molar-refractivity contribution in [3.8, 4) is 0 Å². The summed E-state index contributed by atoms with van der Waals surface area (Å²) in [5.74, 6) is 0.0321. The van der Waals surface area contributed by atoms with E-state index >= 15 is 0 Å². The van der Waals surface area contributed by atoms with Crippen LogP contribution in [0.4, 0.5) is 13.2 Å². The number of carbonyl (C=O) groups is 1. The van der Waals surface area contributed by atoms with Crippen molar-refractivity contribution in [3.05, 3.63) is 64.9 Å². The van der Waals surface area contributed by atoms with Crippen LogP contribution in [0.15, 0.2) is 48.3 Å². The average Bonchev–Trinajstić information content (AvgIpc) is 2.91. The van der Waals surface area contributed by atoms with E-state index in [0.717, 1.165) is 6.07 Å². The number of ketones is 1. The number of hydrogen-bond donors (Lipinski definition) is 1. The van der Waals surface area contributed by atoms with Gasteiger partial charge in [-0.15, -0.1) is 0 Å². The number of hydrogen-bond acceptors (Lipinski definition) is 4. The lowest BCUT2D eigenvalue weighted by Gasteiger charge is -2.16. The van der Waals surface area contributed by atoms with Gasteiger partial charge in [0.25, 0.3) is 0 Å². The summed E-state index contributed by atoms with van der Waals surface area (Å²) in [5, 5.41) is 2.75. The number of carbonyl (C=O) groups excluding carboxylic acids is 1. The van der Waals surface area contributed by atoms with Crippen LogP contribution in [0.3, 0.4) is 0 Å². The molecule has 1 aromatic rings. The van der Waals surface area contributed by atoms with Crippen LogP contribution in [0.25, 0.3) is 5.57 Å². The zero-order valence-corrected chi connectivity index (χ0v) is 13.6. The standard InChI is InChI=1S/C18H16F3NO3/c1-10-11(6-5-7-12(10)18(19,20)21)14-15(23)16(25-17(14)22-2)13-8-3-4-9-24-13/h4-9,16,22H,3H2,1-2H3. The molecule has 0 saturated carbocycles. The molecule has 7 heteroatoms. The molecule has 0 aromatic heterocycles. The monoisotopic (exact) mass is 351 g/mol. The molecule has 0 radical (unpaired) electrons. The summed E-state index contributed by atoms with van der Waals surface area (Å²) < 4.78 is 50.5. The SMILES string of the molecule is CNC1=C(c2cccc(C(F)(F)F)c2C)C(=O)C(C2=CCC=CO2)O1. The quantitative estimate of drug-likeness (QED) is 0.902. The topological polar surface area (TPSA) is 47.6 Å². The Kier molecular flexibility index (Phi) is 4.32. The van der Waals surface area contributed by atoms with Crippen LogP contribution in [0, 0.1) is 6.92 Å². The van der Waals surface area contributed by atoms with Crippen molar-refractivity contribution < 1.29 is 27.4 Å². The number of Topliss-reactive ketones (excluding diaryl/α,β-unsaturated/α-hetero) is 1. The highest BCUT2D eigenvalue weighted by molar-refractivity contribution is 6.26. The van der Waals surface area contributed by atoms with E-state index in [1.165, 1.54) is 25.3 Å². The Morgan fingerprint density at radius 1 is 1.28 bits per heavy atom. The molecule has 2 aliphatic heterocycles. The van der Waals surface area contributed by atoms with Gasteiger partial charge >= 0.3 is 6.18 Å². The van der Waals surface area contributed by atoms with Crippen LogP contribution in [0.5, 0.6) is 0 Å². The van der Waals surface area contributed by atoms with Gasteiger partial charge < -0.3 is 14.8 Å². The van der Waals surface area contributed by atoms with E-state index in [1.54, 1.807) is 19.2 Å². The van der Waals surface area contributed by atoms with Crippen LogP contribution in [-0.4, -0.2) is 18.9 Å². The minimum atomic E-state index is -4.50. The lowest BCUT2D eigenvalue weighted by atomic mass is 9.92. The van der Waals surface area contributed by atoms with E-state index in [-0.39, 0.29) is 22.6 Å². The second kappa shape index (κ2) is 6.31. The van der Waals surface area contributed by atoms with Crippen molar-refractivity contribution in [2.75, 3.05) is 7.05 Å². The molecular formula is C18H16F3NO3. The van der Waals surface area contributed by atoms with Gasteiger partial charge in [0, 0.05) is 7.05 Å². The Hall–Kier alpha value is -2.70.